The monoisotopic (exact) mass is 551 g/mol. The summed E-state index contributed by atoms with van der Waals surface area (Å²) in [5.41, 5.74) is 10.3. The Labute approximate surface area is 236 Å². The van der Waals surface area contributed by atoms with Crippen LogP contribution in [0.25, 0.3) is 0 Å². The van der Waals surface area contributed by atoms with E-state index in [0.29, 0.717) is 30.1 Å². The molecule has 2 heterocycles. The van der Waals surface area contributed by atoms with E-state index < -0.39 is 12.1 Å². The van der Waals surface area contributed by atoms with E-state index in [1.54, 1.807) is 12.3 Å². The predicted octanol–water partition coefficient (Wildman–Crippen LogP) is 5.12. The number of carbonyl (C=O) groups is 2. The summed E-state index contributed by atoms with van der Waals surface area (Å²) in [6.07, 6.45) is 9.09. The number of ketones is 1. The Morgan fingerprint density at radius 3 is 2.60 bits per heavy atom. The molecule has 9 nitrogen and oxygen atoms in total. The van der Waals surface area contributed by atoms with Gasteiger partial charge in [0.15, 0.2) is 11.5 Å². The summed E-state index contributed by atoms with van der Waals surface area (Å²) in [5.74, 6) is 0.00652. The summed E-state index contributed by atoms with van der Waals surface area (Å²) in [6, 6.07) is 6.91. The number of phenols is 2. The number of rotatable bonds is 16. The molecule has 0 amide bonds. The van der Waals surface area contributed by atoms with Gasteiger partial charge in [0.2, 0.25) is 5.75 Å². The number of phenolic OH excluding ortho intramolecular Hbond substituents is 2. The fourth-order valence-corrected chi connectivity index (χ4v) is 5.05. The molecule has 3 rings (SSSR count). The van der Waals surface area contributed by atoms with E-state index in [-0.39, 0.29) is 35.9 Å². The van der Waals surface area contributed by atoms with Crippen LogP contribution in [0.1, 0.15) is 69.9 Å². The third kappa shape index (κ3) is 9.39. The van der Waals surface area contributed by atoms with Crippen molar-refractivity contribution < 1.29 is 29.3 Å². The van der Waals surface area contributed by atoms with E-state index in [2.05, 4.69) is 16.9 Å². The molecule has 1 aromatic carbocycles. The molecule has 0 bridgehead atoms. The second kappa shape index (κ2) is 15.1. The number of carbonyl (C=O) groups excluding carboxylic acids is 2. The van der Waals surface area contributed by atoms with Crippen LogP contribution < -0.4 is 10.5 Å². The minimum absolute atomic E-state index is 0.0319. The Hall–Kier alpha value is -3.88. The number of nitrogens with two attached hydrogens (primary N) is 1. The number of benzene rings is 1. The standard InChI is InChI=1S/C31H41N3O6/c1-4-21(13-25-19-33-18-24(25)8-5-22-11-12-34-30(32)16-22)7-10-27(40-20(2)35)17-26(36)9-6-23-14-28(37)31(38)29(15-23)39-3/h11-12,14-16,19,21,27,37-38H,4-10,13,17-18H2,1-3H3,(H2,32,34)/t21-,27-/m1/s1. The third-order valence-electron chi connectivity index (χ3n) is 7.34. The van der Waals surface area contributed by atoms with Gasteiger partial charge in [0, 0.05) is 32.2 Å². The van der Waals surface area contributed by atoms with E-state index in [0.717, 1.165) is 44.2 Å². The van der Waals surface area contributed by atoms with E-state index in [1.807, 2.05) is 18.3 Å². The number of nitrogens with zero attached hydrogens (tertiary/aromatic N) is 2. The lowest BCUT2D eigenvalue weighted by Crippen LogP contribution is -2.22. The van der Waals surface area contributed by atoms with Crippen molar-refractivity contribution in [3.05, 3.63) is 52.7 Å². The molecule has 9 heteroatoms. The Balaban J connectivity index is 1.54. The number of ether oxygens (including phenoxy) is 2. The number of pyridine rings is 1. The average molecular weight is 552 g/mol. The van der Waals surface area contributed by atoms with Crippen molar-refractivity contribution in [1.82, 2.24) is 4.98 Å². The summed E-state index contributed by atoms with van der Waals surface area (Å²) < 4.78 is 10.6. The van der Waals surface area contributed by atoms with Gasteiger partial charge < -0.3 is 25.4 Å². The second-order valence-electron chi connectivity index (χ2n) is 10.4. The third-order valence-corrected chi connectivity index (χ3v) is 7.34. The van der Waals surface area contributed by atoms with Crippen molar-refractivity contribution >= 4 is 23.8 Å². The smallest absolute Gasteiger partial charge is 0.302 e. The number of Topliss-reactive ketones (excluding diaryl/α,β-unsaturated/α-hetero) is 1. The van der Waals surface area contributed by atoms with Crippen LogP contribution >= 0.6 is 0 Å². The SMILES string of the molecule is CC[C@H](CC[C@H](CC(=O)CCc1cc(O)c(O)c(OC)c1)OC(C)=O)CC1=C(CCc2ccnc(N)c2)CN=C1. The zero-order valence-corrected chi connectivity index (χ0v) is 23.7. The van der Waals surface area contributed by atoms with Crippen molar-refractivity contribution in [2.24, 2.45) is 10.9 Å². The van der Waals surface area contributed by atoms with E-state index in [9.17, 15) is 19.8 Å². The molecule has 0 radical (unpaired) electrons. The number of aliphatic imine (C=N–C) groups is 1. The van der Waals surface area contributed by atoms with Gasteiger partial charge in [0.05, 0.1) is 13.7 Å². The minimum Gasteiger partial charge on any atom is -0.504 e. The van der Waals surface area contributed by atoms with Crippen LogP contribution in [0, 0.1) is 5.92 Å². The molecule has 0 fully saturated rings. The quantitative estimate of drug-likeness (QED) is 0.193. The summed E-state index contributed by atoms with van der Waals surface area (Å²) in [6.45, 7) is 4.24. The zero-order valence-electron chi connectivity index (χ0n) is 23.7. The highest BCUT2D eigenvalue weighted by atomic mass is 16.5. The summed E-state index contributed by atoms with van der Waals surface area (Å²) >= 11 is 0. The first-order valence-electron chi connectivity index (χ1n) is 13.9. The van der Waals surface area contributed by atoms with Crippen LogP contribution in [0.2, 0.25) is 0 Å². The Kier molecular flexibility index (Phi) is 11.5. The number of anilines is 1. The molecule has 4 N–H and O–H groups in total. The molecular weight excluding hydrogens is 510 g/mol. The Morgan fingerprint density at radius 2 is 1.90 bits per heavy atom. The van der Waals surface area contributed by atoms with Gasteiger partial charge in [-0.3, -0.25) is 14.6 Å². The van der Waals surface area contributed by atoms with Crippen LogP contribution in [-0.4, -0.2) is 52.9 Å². The minimum atomic E-state index is -0.482. The van der Waals surface area contributed by atoms with Gasteiger partial charge in [-0.2, -0.15) is 0 Å². The van der Waals surface area contributed by atoms with Gasteiger partial charge in [-0.1, -0.05) is 13.3 Å². The number of aromatic hydroxyl groups is 2. The molecular formula is C31H41N3O6. The highest BCUT2D eigenvalue weighted by molar-refractivity contribution is 5.82. The number of hydrogen-bond donors (Lipinski definition) is 3. The van der Waals surface area contributed by atoms with Gasteiger partial charge in [-0.15, -0.1) is 0 Å². The van der Waals surface area contributed by atoms with E-state index >= 15 is 0 Å². The average Bonchev–Trinajstić information content (AvgIpc) is 3.36. The molecule has 1 aromatic heterocycles. The van der Waals surface area contributed by atoms with Gasteiger partial charge >= 0.3 is 5.97 Å². The number of hydrogen-bond acceptors (Lipinski definition) is 9. The lowest BCUT2D eigenvalue weighted by Gasteiger charge is -2.21. The number of nitrogen functional groups attached to an aromatic ring is 1. The number of esters is 1. The molecule has 2 atom stereocenters. The first kappa shape index (κ1) is 30.7. The van der Waals surface area contributed by atoms with Crippen molar-refractivity contribution in [3.63, 3.8) is 0 Å². The number of allylic oxidation sites excluding steroid dienone is 1. The van der Waals surface area contributed by atoms with Gasteiger partial charge in [-0.25, -0.2) is 4.98 Å². The number of methoxy groups -OCH3 is 1. The summed E-state index contributed by atoms with van der Waals surface area (Å²) in [5, 5.41) is 19.7. The lowest BCUT2D eigenvalue weighted by atomic mass is 9.88. The Morgan fingerprint density at radius 1 is 1.10 bits per heavy atom. The molecule has 0 aliphatic carbocycles. The maximum absolute atomic E-state index is 12.8. The molecule has 1 aliphatic heterocycles. The predicted molar refractivity (Wildman–Crippen MR) is 155 cm³/mol. The molecule has 1 aliphatic rings. The zero-order chi connectivity index (χ0) is 29.1. The first-order chi connectivity index (χ1) is 19.2. The second-order valence-corrected chi connectivity index (χ2v) is 10.4. The van der Waals surface area contributed by atoms with Crippen LogP contribution in [0.15, 0.2) is 46.6 Å². The molecule has 0 saturated heterocycles. The summed E-state index contributed by atoms with van der Waals surface area (Å²) in [4.78, 5) is 33.1. The van der Waals surface area contributed by atoms with Gasteiger partial charge in [0.1, 0.15) is 17.7 Å². The van der Waals surface area contributed by atoms with Crippen molar-refractivity contribution in [3.8, 4) is 17.2 Å². The molecule has 0 unspecified atom stereocenters. The maximum Gasteiger partial charge on any atom is 0.302 e. The number of aryl methyl sites for hydroxylation is 2. The normalized spacial score (nSPS) is 14.3. The Bertz CT molecular complexity index is 1240. The maximum atomic E-state index is 12.8. The molecule has 0 spiro atoms. The van der Waals surface area contributed by atoms with Gasteiger partial charge in [-0.05, 0) is 91.0 Å². The van der Waals surface area contributed by atoms with Crippen LogP contribution in [0.3, 0.4) is 0 Å². The lowest BCUT2D eigenvalue weighted by molar-refractivity contribution is -0.148. The molecule has 40 heavy (non-hydrogen) atoms. The highest BCUT2D eigenvalue weighted by Gasteiger charge is 2.21. The highest BCUT2D eigenvalue weighted by Crippen LogP contribution is 2.36. The van der Waals surface area contributed by atoms with Crippen LogP contribution in [-0.2, 0) is 27.2 Å². The van der Waals surface area contributed by atoms with Gasteiger partial charge in [0.25, 0.3) is 0 Å². The van der Waals surface area contributed by atoms with Crippen molar-refractivity contribution in [2.45, 2.75) is 77.7 Å². The van der Waals surface area contributed by atoms with E-state index in [4.69, 9.17) is 15.2 Å². The topological polar surface area (TPSA) is 144 Å². The largest absolute Gasteiger partial charge is 0.504 e. The molecule has 0 saturated carbocycles. The number of aromatic nitrogens is 1. The van der Waals surface area contributed by atoms with E-state index in [1.165, 1.54) is 31.2 Å². The fourth-order valence-electron chi connectivity index (χ4n) is 5.05. The van der Waals surface area contributed by atoms with Crippen molar-refractivity contribution in [1.29, 1.82) is 0 Å². The molecule has 2 aromatic rings. The molecule has 216 valence electrons. The first-order valence-corrected chi connectivity index (χ1v) is 13.9. The van der Waals surface area contributed by atoms with Crippen molar-refractivity contribution in [2.75, 3.05) is 19.4 Å². The van der Waals surface area contributed by atoms with Crippen LogP contribution in [0.5, 0.6) is 17.2 Å². The summed E-state index contributed by atoms with van der Waals surface area (Å²) in [7, 11) is 1.40. The van der Waals surface area contributed by atoms with Crippen LogP contribution in [0.4, 0.5) is 5.82 Å². The fraction of sp³-hybridized carbons (Fsp3) is 0.484.